The van der Waals surface area contributed by atoms with E-state index in [1.165, 1.54) is 13.0 Å². The fourth-order valence-electron chi connectivity index (χ4n) is 3.03. The molecule has 102 valence electrons. The van der Waals surface area contributed by atoms with Gasteiger partial charge in [-0.25, -0.2) is 8.78 Å². The van der Waals surface area contributed by atoms with Crippen LogP contribution in [0.2, 0.25) is 0 Å². The van der Waals surface area contributed by atoms with Gasteiger partial charge >= 0.3 is 0 Å². The zero-order valence-electron chi connectivity index (χ0n) is 10.7. The number of amides is 1. The number of rotatable bonds is 1. The highest BCUT2D eigenvalue weighted by molar-refractivity contribution is 5.95. The van der Waals surface area contributed by atoms with Crippen LogP contribution in [-0.2, 0) is 0 Å². The molecule has 3 rings (SSSR count). The highest BCUT2D eigenvalue weighted by atomic mass is 19.1. The van der Waals surface area contributed by atoms with E-state index in [1.54, 1.807) is 4.90 Å². The lowest BCUT2D eigenvalue weighted by molar-refractivity contribution is 0.0771. The van der Waals surface area contributed by atoms with Crippen molar-refractivity contribution in [2.45, 2.75) is 6.92 Å². The summed E-state index contributed by atoms with van der Waals surface area (Å²) < 4.78 is 27.7. The molecule has 1 amide bonds. The van der Waals surface area contributed by atoms with Gasteiger partial charge in [0.25, 0.3) is 5.91 Å². The lowest BCUT2D eigenvalue weighted by Gasteiger charge is -2.18. The molecule has 3 nitrogen and oxygen atoms in total. The zero-order chi connectivity index (χ0) is 13.6. The molecule has 2 aliphatic rings. The molecule has 1 aromatic rings. The van der Waals surface area contributed by atoms with Gasteiger partial charge < -0.3 is 10.2 Å². The summed E-state index contributed by atoms with van der Waals surface area (Å²) in [6, 6.07) is 2.51. The molecular formula is C14H16F2N2O. The Bertz CT molecular complexity index is 520. The second-order valence-corrected chi connectivity index (χ2v) is 5.44. The van der Waals surface area contributed by atoms with Crippen molar-refractivity contribution in [2.75, 3.05) is 26.2 Å². The summed E-state index contributed by atoms with van der Waals surface area (Å²) in [4.78, 5) is 13.9. The number of hydrogen-bond donors (Lipinski definition) is 1. The Morgan fingerprint density at radius 1 is 1.26 bits per heavy atom. The van der Waals surface area contributed by atoms with Gasteiger partial charge in [-0.15, -0.1) is 0 Å². The third-order valence-corrected chi connectivity index (χ3v) is 4.17. The first kappa shape index (κ1) is 12.5. The topological polar surface area (TPSA) is 32.3 Å². The Balaban J connectivity index is 1.87. The van der Waals surface area contributed by atoms with Crippen molar-refractivity contribution >= 4 is 5.91 Å². The maximum Gasteiger partial charge on any atom is 0.259 e. The molecule has 0 spiro atoms. The largest absolute Gasteiger partial charge is 0.338 e. The molecule has 2 aliphatic heterocycles. The van der Waals surface area contributed by atoms with Crippen molar-refractivity contribution in [3.63, 3.8) is 0 Å². The van der Waals surface area contributed by atoms with Crippen molar-refractivity contribution in [1.82, 2.24) is 10.2 Å². The minimum Gasteiger partial charge on any atom is -0.338 e. The first-order valence-corrected chi connectivity index (χ1v) is 6.52. The summed E-state index contributed by atoms with van der Waals surface area (Å²) in [6.07, 6.45) is 0. The molecule has 0 aromatic heterocycles. The predicted octanol–water partition coefficient (Wildman–Crippen LogP) is 1.56. The van der Waals surface area contributed by atoms with E-state index in [0.29, 0.717) is 30.5 Å². The first-order chi connectivity index (χ1) is 9.08. The number of aryl methyl sites for hydroxylation is 1. The number of nitrogens with zero attached hydrogens (tertiary/aromatic N) is 1. The molecule has 0 bridgehead atoms. The summed E-state index contributed by atoms with van der Waals surface area (Å²) in [7, 11) is 0. The van der Waals surface area contributed by atoms with Crippen LogP contribution >= 0.6 is 0 Å². The maximum absolute atomic E-state index is 14.0. The van der Waals surface area contributed by atoms with Gasteiger partial charge in [0.05, 0.1) is 0 Å². The molecule has 0 saturated carbocycles. The smallest absolute Gasteiger partial charge is 0.259 e. The Labute approximate surface area is 110 Å². The van der Waals surface area contributed by atoms with Crippen molar-refractivity contribution in [2.24, 2.45) is 11.8 Å². The van der Waals surface area contributed by atoms with Crippen LogP contribution < -0.4 is 5.32 Å². The fourth-order valence-corrected chi connectivity index (χ4v) is 3.03. The van der Waals surface area contributed by atoms with E-state index in [2.05, 4.69) is 5.32 Å². The summed E-state index contributed by atoms with van der Waals surface area (Å²) in [5.74, 6) is -1.20. The lowest BCUT2D eigenvalue weighted by atomic mass is 10.0. The summed E-state index contributed by atoms with van der Waals surface area (Å²) in [5, 5.41) is 3.27. The van der Waals surface area contributed by atoms with Crippen molar-refractivity contribution < 1.29 is 13.6 Å². The van der Waals surface area contributed by atoms with E-state index in [0.717, 1.165) is 19.2 Å². The fraction of sp³-hybridized carbons (Fsp3) is 0.500. The van der Waals surface area contributed by atoms with E-state index < -0.39 is 23.1 Å². The van der Waals surface area contributed by atoms with Crippen LogP contribution in [0.1, 0.15) is 15.9 Å². The van der Waals surface area contributed by atoms with E-state index in [-0.39, 0.29) is 0 Å². The van der Waals surface area contributed by atoms with Crippen molar-refractivity contribution in [1.29, 1.82) is 0 Å². The molecule has 5 heteroatoms. The number of likely N-dealkylation sites (tertiary alicyclic amines) is 1. The molecular weight excluding hydrogens is 250 g/mol. The SMILES string of the molecule is Cc1ccc(F)c(C(=O)N2CC3CNCC3C2)c1F. The molecule has 1 N–H and O–H groups in total. The Kier molecular flexibility index (Phi) is 3.01. The van der Waals surface area contributed by atoms with Gasteiger partial charge in [0.2, 0.25) is 0 Å². The van der Waals surface area contributed by atoms with Crippen LogP contribution in [0.5, 0.6) is 0 Å². The number of halogens is 2. The van der Waals surface area contributed by atoms with Gasteiger partial charge in [-0.2, -0.15) is 0 Å². The van der Waals surface area contributed by atoms with Crippen LogP contribution in [0.4, 0.5) is 8.78 Å². The average molecular weight is 266 g/mol. The highest BCUT2D eigenvalue weighted by Gasteiger charge is 2.39. The predicted molar refractivity (Wildman–Crippen MR) is 66.8 cm³/mol. The Morgan fingerprint density at radius 2 is 1.89 bits per heavy atom. The van der Waals surface area contributed by atoms with Crippen LogP contribution in [0, 0.1) is 30.4 Å². The van der Waals surface area contributed by atoms with Gasteiger partial charge in [0, 0.05) is 26.2 Å². The number of fused-ring (bicyclic) bond motifs is 1. The molecule has 2 fully saturated rings. The first-order valence-electron chi connectivity index (χ1n) is 6.52. The monoisotopic (exact) mass is 266 g/mol. The summed E-state index contributed by atoms with van der Waals surface area (Å²) in [5.41, 5.74) is -0.112. The van der Waals surface area contributed by atoms with E-state index in [4.69, 9.17) is 0 Å². The zero-order valence-corrected chi connectivity index (χ0v) is 10.7. The van der Waals surface area contributed by atoms with Gasteiger partial charge in [-0.1, -0.05) is 6.07 Å². The molecule has 2 heterocycles. The molecule has 19 heavy (non-hydrogen) atoms. The number of carbonyl (C=O) groups excluding carboxylic acids is 1. The minimum absolute atomic E-state index is 0.297. The lowest BCUT2D eigenvalue weighted by Crippen LogP contribution is -2.33. The van der Waals surface area contributed by atoms with E-state index in [9.17, 15) is 13.6 Å². The third-order valence-electron chi connectivity index (χ3n) is 4.17. The van der Waals surface area contributed by atoms with E-state index in [1.807, 2.05) is 0 Å². The van der Waals surface area contributed by atoms with Crippen LogP contribution in [0.3, 0.4) is 0 Å². The molecule has 0 radical (unpaired) electrons. The normalized spacial score (nSPS) is 25.7. The average Bonchev–Trinajstić information content (AvgIpc) is 2.94. The Hall–Kier alpha value is -1.49. The Morgan fingerprint density at radius 3 is 2.53 bits per heavy atom. The summed E-state index contributed by atoms with van der Waals surface area (Å²) in [6.45, 7) is 4.47. The quantitative estimate of drug-likeness (QED) is 0.836. The van der Waals surface area contributed by atoms with Gasteiger partial charge in [0.1, 0.15) is 17.2 Å². The third kappa shape index (κ3) is 2.02. The minimum atomic E-state index is -0.775. The van der Waals surface area contributed by atoms with Gasteiger partial charge in [0.15, 0.2) is 0 Å². The molecule has 2 atom stereocenters. The number of benzene rings is 1. The second kappa shape index (κ2) is 4.56. The number of carbonyl (C=O) groups is 1. The second-order valence-electron chi connectivity index (χ2n) is 5.44. The summed E-state index contributed by atoms with van der Waals surface area (Å²) >= 11 is 0. The van der Waals surface area contributed by atoms with Crippen LogP contribution in [0.25, 0.3) is 0 Å². The highest BCUT2D eigenvalue weighted by Crippen LogP contribution is 2.28. The molecule has 0 aliphatic carbocycles. The van der Waals surface area contributed by atoms with Gasteiger partial charge in [-0.05, 0) is 30.4 Å². The van der Waals surface area contributed by atoms with Crippen molar-refractivity contribution in [3.05, 3.63) is 34.9 Å². The number of hydrogen-bond acceptors (Lipinski definition) is 2. The van der Waals surface area contributed by atoms with Crippen molar-refractivity contribution in [3.8, 4) is 0 Å². The molecule has 1 aromatic carbocycles. The molecule has 2 unspecified atom stereocenters. The number of nitrogens with one attached hydrogen (secondary N) is 1. The maximum atomic E-state index is 14.0. The van der Waals surface area contributed by atoms with E-state index >= 15 is 0 Å². The van der Waals surface area contributed by atoms with Crippen LogP contribution in [-0.4, -0.2) is 37.0 Å². The molecule has 2 saturated heterocycles. The van der Waals surface area contributed by atoms with Crippen LogP contribution in [0.15, 0.2) is 12.1 Å². The van der Waals surface area contributed by atoms with Gasteiger partial charge in [-0.3, -0.25) is 4.79 Å². The standard InChI is InChI=1S/C14H16F2N2O/c1-8-2-3-11(15)12(13(8)16)14(19)18-6-9-4-17-5-10(9)7-18/h2-3,9-10,17H,4-7H2,1H3.